The van der Waals surface area contributed by atoms with E-state index in [1.807, 2.05) is 56.3 Å². The van der Waals surface area contributed by atoms with Crippen molar-refractivity contribution in [2.24, 2.45) is 0 Å². The topological polar surface area (TPSA) is 62.1 Å². The number of benzene rings is 3. The molecule has 0 saturated carbocycles. The van der Waals surface area contributed by atoms with Crippen molar-refractivity contribution < 1.29 is 9.53 Å². The second-order valence-electron chi connectivity index (χ2n) is 7.10. The molecule has 0 bridgehead atoms. The minimum atomic E-state index is -0.448. The van der Waals surface area contributed by atoms with Gasteiger partial charge < -0.3 is 10.1 Å². The summed E-state index contributed by atoms with van der Waals surface area (Å²) in [5, 5.41) is 13.3. The van der Waals surface area contributed by atoms with Crippen LogP contribution in [0.4, 0.5) is 5.69 Å². The van der Waals surface area contributed by atoms with E-state index in [1.165, 1.54) is 0 Å². The monoisotopic (exact) mass is 576 g/mol. The van der Waals surface area contributed by atoms with Gasteiger partial charge in [0.1, 0.15) is 24.0 Å². The normalized spacial score (nSPS) is 11.1. The Hall–Kier alpha value is -2.53. The third-order valence-electron chi connectivity index (χ3n) is 4.86. The van der Waals surface area contributed by atoms with Crippen molar-refractivity contribution in [1.82, 2.24) is 0 Å². The summed E-state index contributed by atoms with van der Waals surface area (Å²) < 4.78 is 6.73. The van der Waals surface area contributed by atoms with Gasteiger partial charge in [0.2, 0.25) is 0 Å². The van der Waals surface area contributed by atoms with E-state index in [0.717, 1.165) is 25.8 Å². The Kier molecular flexibility index (Phi) is 8.19. The Labute approximate surface area is 210 Å². The molecule has 162 valence electrons. The molecule has 0 saturated heterocycles. The summed E-state index contributed by atoms with van der Waals surface area (Å²) >= 11 is 14.2. The average Bonchev–Trinajstić information content (AvgIpc) is 2.76. The summed E-state index contributed by atoms with van der Waals surface area (Å²) in [4.78, 5) is 12.6. The van der Waals surface area contributed by atoms with Gasteiger partial charge in [-0.05, 0) is 95.1 Å². The fraction of sp³-hybridized carbons (Fsp3) is 0.120. The van der Waals surface area contributed by atoms with Crippen LogP contribution in [0.1, 0.15) is 22.3 Å². The molecule has 0 aromatic heterocycles. The van der Waals surface area contributed by atoms with Crippen molar-refractivity contribution in [3.63, 3.8) is 0 Å². The number of anilines is 1. The molecule has 0 atom stereocenters. The first-order chi connectivity index (χ1) is 15.3. The number of halogens is 3. The number of nitrogens with one attached hydrogen (secondary N) is 1. The van der Waals surface area contributed by atoms with Crippen LogP contribution in [-0.2, 0) is 11.4 Å². The lowest BCUT2D eigenvalue weighted by Crippen LogP contribution is -2.14. The van der Waals surface area contributed by atoms with Crippen LogP contribution in [0, 0.1) is 28.7 Å². The number of carbonyl (C=O) groups is 1. The molecule has 1 amide bonds. The van der Waals surface area contributed by atoms with Gasteiger partial charge in [0.25, 0.3) is 5.91 Å². The third-order valence-corrected chi connectivity index (χ3v) is 6.45. The van der Waals surface area contributed by atoms with Crippen LogP contribution in [-0.4, -0.2) is 5.91 Å². The third kappa shape index (κ3) is 6.04. The number of hydrogen-bond acceptors (Lipinski definition) is 3. The van der Waals surface area contributed by atoms with E-state index in [2.05, 4.69) is 27.9 Å². The minimum Gasteiger partial charge on any atom is -0.488 e. The Morgan fingerprint density at radius 2 is 1.91 bits per heavy atom. The Bertz CT molecular complexity index is 1250. The lowest BCUT2D eigenvalue weighted by molar-refractivity contribution is -0.112. The van der Waals surface area contributed by atoms with Gasteiger partial charge in [-0.2, -0.15) is 5.26 Å². The second kappa shape index (κ2) is 10.9. The molecule has 0 unspecified atom stereocenters. The van der Waals surface area contributed by atoms with Crippen LogP contribution in [0.5, 0.6) is 5.75 Å². The van der Waals surface area contributed by atoms with E-state index < -0.39 is 5.91 Å². The maximum Gasteiger partial charge on any atom is 0.266 e. The largest absolute Gasteiger partial charge is 0.488 e. The second-order valence-corrected chi connectivity index (χ2v) is 9.07. The molecule has 3 rings (SSSR count). The number of nitrogens with zero attached hydrogens (tertiary/aromatic N) is 1. The molecule has 0 fully saturated rings. The summed E-state index contributed by atoms with van der Waals surface area (Å²) in [7, 11) is 0. The molecule has 3 aromatic carbocycles. The zero-order valence-electron chi connectivity index (χ0n) is 17.4. The summed E-state index contributed by atoms with van der Waals surface area (Å²) in [6, 6.07) is 18.5. The van der Waals surface area contributed by atoms with Gasteiger partial charge in [-0.15, -0.1) is 0 Å². The van der Waals surface area contributed by atoms with Gasteiger partial charge in [-0.1, -0.05) is 47.5 Å². The van der Waals surface area contributed by atoms with Gasteiger partial charge in [-0.25, -0.2) is 0 Å². The standard InChI is InChI=1S/C25H19Cl2IN2O2/c1-15-4-3-5-23(16(15)2)30-25(31)19(13-29)10-17-7-9-24(22(28)12-17)32-14-18-6-8-20(26)21(27)11-18/h3-12H,14H2,1-2H3,(H,30,31)/b19-10+. The highest BCUT2D eigenvalue weighted by Gasteiger charge is 2.12. The maximum absolute atomic E-state index is 12.6. The first-order valence-electron chi connectivity index (χ1n) is 9.64. The molecule has 0 aliphatic carbocycles. The van der Waals surface area contributed by atoms with Crippen LogP contribution in [0.15, 0.2) is 60.2 Å². The van der Waals surface area contributed by atoms with Gasteiger partial charge in [0.15, 0.2) is 0 Å². The highest BCUT2D eigenvalue weighted by molar-refractivity contribution is 14.1. The van der Waals surface area contributed by atoms with E-state index in [-0.39, 0.29) is 5.57 Å². The number of amides is 1. The van der Waals surface area contributed by atoms with Gasteiger partial charge in [-0.3, -0.25) is 4.79 Å². The molecule has 32 heavy (non-hydrogen) atoms. The van der Waals surface area contributed by atoms with Crippen LogP contribution in [0.25, 0.3) is 6.08 Å². The molecule has 0 aliphatic heterocycles. The Morgan fingerprint density at radius 1 is 1.12 bits per heavy atom. The summed E-state index contributed by atoms with van der Waals surface area (Å²) in [5.74, 6) is 0.239. The fourth-order valence-corrected chi connectivity index (χ4v) is 3.92. The van der Waals surface area contributed by atoms with E-state index in [1.54, 1.807) is 24.3 Å². The predicted molar refractivity (Wildman–Crippen MR) is 138 cm³/mol. The molecule has 1 N–H and O–H groups in total. The highest BCUT2D eigenvalue weighted by atomic mass is 127. The van der Waals surface area contributed by atoms with E-state index in [4.69, 9.17) is 27.9 Å². The number of carbonyl (C=O) groups excluding carboxylic acids is 1. The molecule has 0 heterocycles. The molecule has 0 aliphatic rings. The quantitative estimate of drug-likeness (QED) is 0.190. The van der Waals surface area contributed by atoms with Crippen molar-refractivity contribution in [1.29, 1.82) is 5.26 Å². The fourth-order valence-electron chi connectivity index (χ4n) is 2.91. The van der Waals surface area contributed by atoms with Crippen LogP contribution in [0.3, 0.4) is 0 Å². The Balaban J connectivity index is 1.73. The zero-order valence-corrected chi connectivity index (χ0v) is 21.0. The molecule has 7 heteroatoms. The number of nitriles is 1. The number of hydrogen-bond donors (Lipinski definition) is 1. The summed E-state index contributed by atoms with van der Waals surface area (Å²) in [6.07, 6.45) is 1.56. The lowest BCUT2D eigenvalue weighted by atomic mass is 10.1. The minimum absolute atomic E-state index is 0.0196. The van der Waals surface area contributed by atoms with Gasteiger partial charge in [0.05, 0.1) is 13.6 Å². The molecule has 3 aromatic rings. The molecule has 4 nitrogen and oxygen atoms in total. The number of ether oxygens (including phenoxy) is 1. The first kappa shape index (κ1) is 24.1. The average molecular weight is 577 g/mol. The SMILES string of the molecule is Cc1cccc(NC(=O)/C(C#N)=C/c2ccc(OCc3ccc(Cl)c(Cl)c3)c(I)c2)c1C. The molecule has 0 spiro atoms. The smallest absolute Gasteiger partial charge is 0.266 e. The molecule has 0 radical (unpaired) electrons. The highest BCUT2D eigenvalue weighted by Crippen LogP contribution is 2.27. The van der Waals surface area contributed by atoms with E-state index in [0.29, 0.717) is 28.1 Å². The van der Waals surface area contributed by atoms with Gasteiger partial charge in [0, 0.05) is 5.69 Å². The van der Waals surface area contributed by atoms with E-state index >= 15 is 0 Å². The molecular formula is C25H19Cl2IN2O2. The molecular weight excluding hydrogens is 558 g/mol. The zero-order chi connectivity index (χ0) is 23.3. The summed E-state index contributed by atoms with van der Waals surface area (Å²) in [6.45, 7) is 4.24. The first-order valence-corrected chi connectivity index (χ1v) is 11.5. The number of aryl methyl sites for hydroxylation is 1. The number of rotatable bonds is 6. The van der Waals surface area contributed by atoms with Crippen LogP contribution < -0.4 is 10.1 Å². The maximum atomic E-state index is 12.6. The predicted octanol–water partition coefficient (Wildman–Crippen LogP) is 7.34. The van der Waals surface area contributed by atoms with Gasteiger partial charge >= 0.3 is 0 Å². The van der Waals surface area contributed by atoms with Crippen molar-refractivity contribution >= 4 is 63.5 Å². The van der Waals surface area contributed by atoms with Crippen LogP contribution >= 0.6 is 45.8 Å². The van der Waals surface area contributed by atoms with E-state index in [9.17, 15) is 10.1 Å². The van der Waals surface area contributed by atoms with Crippen molar-refractivity contribution in [3.05, 3.63) is 96.0 Å². The Morgan fingerprint density at radius 3 is 2.59 bits per heavy atom. The summed E-state index contributed by atoms with van der Waals surface area (Å²) in [5.41, 5.74) is 4.37. The van der Waals surface area contributed by atoms with Crippen molar-refractivity contribution in [2.45, 2.75) is 20.5 Å². The van der Waals surface area contributed by atoms with Crippen LogP contribution in [0.2, 0.25) is 10.0 Å². The van der Waals surface area contributed by atoms with Crippen molar-refractivity contribution in [3.8, 4) is 11.8 Å². The lowest BCUT2D eigenvalue weighted by Gasteiger charge is -2.11. The van der Waals surface area contributed by atoms with Crippen molar-refractivity contribution in [2.75, 3.05) is 5.32 Å².